The molecule has 0 radical (unpaired) electrons. The van der Waals surface area contributed by atoms with Crippen molar-refractivity contribution in [3.63, 3.8) is 0 Å². The molecular weight excluding hydrogens is 360 g/mol. The molecule has 1 aliphatic carbocycles. The maximum Gasteiger partial charge on any atom is 0.341 e. The standard InChI is InChI=1S/C21H34N2O3S/c1-4-7-13-23(14-8-5-2)15-18(24)22-20-19(21(25)26-6-3)16-11-9-10-12-17(16)27-20/h4-15H2,1-3H3,(H,22,24)/p+1. The van der Waals surface area contributed by atoms with Crippen LogP contribution in [-0.4, -0.2) is 38.1 Å². The summed E-state index contributed by atoms with van der Waals surface area (Å²) in [6.07, 6.45) is 8.68. The Morgan fingerprint density at radius 3 is 2.37 bits per heavy atom. The molecule has 0 spiro atoms. The molecule has 2 N–H and O–H groups in total. The van der Waals surface area contributed by atoms with Crippen molar-refractivity contribution in [2.75, 3.05) is 31.6 Å². The highest BCUT2D eigenvalue weighted by molar-refractivity contribution is 7.17. The number of fused-ring (bicyclic) bond motifs is 1. The molecule has 0 atom stereocenters. The predicted molar refractivity (Wildman–Crippen MR) is 111 cm³/mol. The minimum atomic E-state index is -0.298. The number of anilines is 1. The zero-order chi connectivity index (χ0) is 19.6. The SMILES string of the molecule is CCCC[NH+](CCCC)CC(=O)Nc1sc2c(c1C(=O)OCC)CCCC2. The van der Waals surface area contributed by atoms with Crippen molar-refractivity contribution < 1.29 is 19.2 Å². The van der Waals surface area contributed by atoms with Crippen LogP contribution in [0.25, 0.3) is 0 Å². The average molecular weight is 396 g/mol. The first-order valence-electron chi connectivity index (χ1n) is 10.6. The van der Waals surface area contributed by atoms with E-state index >= 15 is 0 Å². The van der Waals surface area contributed by atoms with E-state index < -0.39 is 0 Å². The van der Waals surface area contributed by atoms with Crippen LogP contribution in [0.4, 0.5) is 5.00 Å². The Kier molecular flexibility index (Phi) is 9.28. The number of ether oxygens (including phenoxy) is 1. The summed E-state index contributed by atoms with van der Waals surface area (Å²) in [6.45, 7) is 9.04. The summed E-state index contributed by atoms with van der Waals surface area (Å²) in [7, 11) is 0. The molecule has 0 fully saturated rings. The Balaban J connectivity index is 2.11. The first kappa shape index (κ1) is 21.9. The number of aryl methyl sites for hydroxylation is 1. The van der Waals surface area contributed by atoms with Crippen LogP contribution in [0.2, 0.25) is 0 Å². The summed E-state index contributed by atoms with van der Waals surface area (Å²) in [5, 5.41) is 3.74. The number of carbonyl (C=O) groups excluding carboxylic acids is 2. The molecule has 0 unspecified atom stereocenters. The third-order valence-electron chi connectivity index (χ3n) is 5.08. The molecule has 0 saturated heterocycles. The first-order chi connectivity index (χ1) is 13.1. The van der Waals surface area contributed by atoms with E-state index in [1.165, 1.54) is 9.78 Å². The van der Waals surface area contributed by atoms with Crippen LogP contribution >= 0.6 is 11.3 Å². The van der Waals surface area contributed by atoms with Crippen molar-refractivity contribution in [1.82, 2.24) is 0 Å². The number of carbonyl (C=O) groups is 2. The van der Waals surface area contributed by atoms with E-state index in [1.54, 1.807) is 11.3 Å². The molecule has 0 bridgehead atoms. The van der Waals surface area contributed by atoms with E-state index in [4.69, 9.17) is 4.74 Å². The number of hydrogen-bond acceptors (Lipinski definition) is 4. The smallest absolute Gasteiger partial charge is 0.341 e. The lowest BCUT2D eigenvalue weighted by molar-refractivity contribution is -0.892. The maximum absolute atomic E-state index is 12.7. The fourth-order valence-electron chi connectivity index (χ4n) is 3.63. The van der Waals surface area contributed by atoms with Crippen LogP contribution in [-0.2, 0) is 22.4 Å². The predicted octanol–water partition coefficient (Wildman–Crippen LogP) is 3.23. The van der Waals surface area contributed by atoms with Crippen LogP contribution in [0.1, 0.15) is 80.1 Å². The molecule has 1 aliphatic rings. The largest absolute Gasteiger partial charge is 0.462 e. The number of thiophene rings is 1. The minimum absolute atomic E-state index is 0.00125. The molecule has 0 aliphatic heterocycles. The van der Waals surface area contributed by atoms with Gasteiger partial charge in [0.15, 0.2) is 6.54 Å². The number of quaternary nitrogens is 1. The fraction of sp³-hybridized carbons (Fsp3) is 0.714. The van der Waals surface area contributed by atoms with E-state index in [9.17, 15) is 9.59 Å². The van der Waals surface area contributed by atoms with Gasteiger partial charge in [0, 0.05) is 4.88 Å². The summed E-state index contributed by atoms with van der Waals surface area (Å²) >= 11 is 1.57. The monoisotopic (exact) mass is 395 g/mol. The summed E-state index contributed by atoms with van der Waals surface area (Å²) in [5.74, 6) is -0.297. The van der Waals surface area contributed by atoms with Crippen molar-refractivity contribution in [3.8, 4) is 0 Å². The first-order valence-corrected chi connectivity index (χ1v) is 11.4. The number of rotatable bonds is 11. The number of hydrogen-bond donors (Lipinski definition) is 2. The normalized spacial score (nSPS) is 13.5. The molecule has 27 heavy (non-hydrogen) atoms. The van der Waals surface area contributed by atoms with Gasteiger partial charge in [-0.15, -0.1) is 11.3 Å². The number of unbranched alkanes of at least 4 members (excludes halogenated alkanes) is 2. The van der Waals surface area contributed by atoms with Crippen LogP contribution in [0.3, 0.4) is 0 Å². The van der Waals surface area contributed by atoms with Gasteiger partial charge in [-0.05, 0) is 51.0 Å². The summed E-state index contributed by atoms with van der Waals surface area (Å²) in [5.41, 5.74) is 1.70. The minimum Gasteiger partial charge on any atom is -0.462 e. The van der Waals surface area contributed by atoms with Crippen LogP contribution in [0.15, 0.2) is 0 Å². The molecule has 2 rings (SSSR count). The highest BCUT2D eigenvalue weighted by Gasteiger charge is 2.27. The molecule has 0 aromatic carbocycles. The molecule has 5 nitrogen and oxygen atoms in total. The Labute approximate surface area is 167 Å². The lowest BCUT2D eigenvalue weighted by Crippen LogP contribution is -3.13. The van der Waals surface area contributed by atoms with E-state index in [0.717, 1.165) is 70.0 Å². The summed E-state index contributed by atoms with van der Waals surface area (Å²) in [4.78, 5) is 27.8. The van der Waals surface area contributed by atoms with E-state index in [1.807, 2.05) is 6.92 Å². The Morgan fingerprint density at radius 1 is 1.07 bits per heavy atom. The van der Waals surface area contributed by atoms with Crippen molar-refractivity contribution in [2.45, 2.75) is 72.1 Å². The van der Waals surface area contributed by atoms with Crippen LogP contribution in [0.5, 0.6) is 0 Å². The summed E-state index contributed by atoms with van der Waals surface area (Å²) < 4.78 is 5.27. The summed E-state index contributed by atoms with van der Waals surface area (Å²) in [6, 6.07) is 0. The van der Waals surface area contributed by atoms with Gasteiger partial charge in [-0.2, -0.15) is 0 Å². The lowest BCUT2D eigenvalue weighted by Gasteiger charge is -2.18. The second-order valence-electron chi connectivity index (χ2n) is 7.32. The molecule has 1 aromatic heterocycles. The van der Waals surface area contributed by atoms with Crippen molar-refractivity contribution in [1.29, 1.82) is 0 Å². The average Bonchev–Trinajstić information content (AvgIpc) is 3.01. The van der Waals surface area contributed by atoms with Gasteiger partial charge in [-0.25, -0.2) is 4.79 Å². The van der Waals surface area contributed by atoms with Gasteiger partial charge in [0.05, 0.1) is 25.3 Å². The molecule has 1 heterocycles. The third kappa shape index (κ3) is 6.32. The van der Waals surface area contributed by atoms with Gasteiger partial charge in [0.25, 0.3) is 5.91 Å². The maximum atomic E-state index is 12.7. The number of nitrogens with one attached hydrogen (secondary N) is 2. The number of amides is 1. The van der Waals surface area contributed by atoms with E-state index in [2.05, 4.69) is 19.2 Å². The quantitative estimate of drug-likeness (QED) is 0.566. The molecule has 1 aromatic rings. The van der Waals surface area contributed by atoms with E-state index in [0.29, 0.717) is 23.7 Å². The van der Waals surface area contributed by atoms with Gasteiger partial charge in [-0.1, -0.05) is 26.7 Å². The zero-order valence-corrected chi connectivity index (χ0v) is 17.9. The molecule has 1 amide bonds. The Hall–Kier alpha value is -1.40. The highest BCUT2D eigenvalue weighted by Crippen LogP contribution is 2.38. The lowest BCUT2D eigenvalue weighted by atomic mass is 9.95. The van der Waals surface area contributed by atoms with Crippen molar-refractivity contribution in [3.05, 3.63) is 16.0 Å². The highest BCUT2D eigenvalue weighted by atomic mass is 32.1. The van der Waals surface area contributed by atoms with Gasteiger partial charge in [0.2, 0.25) is 0 Å². The zero-order valence-electron chi connectivity index (χ0n) is 17.1. The molecular formula is C21H35N2O3S+. The fourth-order valence-corrected chi connectivity index (χ4v) is 4.92. The number of esters is 1. The Morgan fingerprint density at radius 2 is 1.74 bits per heavy atom. The van der Waals surface area contributed by atoms with Gasteiger partial charge in [-0.3, -0.25) is 4.79 Å². The Bertz CT molecular complexity index is 619. The molecule has 0 saturated carbocycles. The third-order valence-corrected chi connectivity index (χ3v) is 6.29. The topological polar surface area (TPSA) is 59.8 Å². The second-order valence-corrected chi connectivity index (χ2v) is 8.42. The second kappa shape index (κ2) is 11.4. The van der Waals surface area contributed by atoms with Gasteiger partial charge >= 0.3 is 5.97 Å². The molecule has 6 heteroatoms. The van der Waals surface area contributed by atoms with Crippen LogP contribution < -0.4 is 10.2 Å². The van der Waals surface area contributed by atoms with Gasteiger partial charge < -0.3 is 15.0 Å². The molecule has 152 valence electrons. The van der Waals surface area contributed by atoms with Crippen molar-refractivity contribution >= 4 is 28.2 Å². The van der Waals surface area contributed by atoms with Crippen molar-refractivity contribution in [2.24, 2.45) is 0 Å². The van der Waals surface area contributed by atoms with E-state index in [-0.39, 0.29) is 11.9 Å². The van der Waals surface area contributed by atoms with Crippen LogP contribution in [0, 0.1) is 0 Å². The van der Waals surface area contributed by atoms with Gasteiger partial charge in [0.1, 0.15) is 5.00 Å².